The van der Waals surface area contributed by atoms with Crippen molar-refractivity contribution in [2.24, 2.45) is 17.3 Å². The highest BCUT2D eigenvalue weighted by atomic mass is 16.5. The molecule has 0 aliphatic heterocycles. The summed E-state index contributed by atoms with van der Waals surface area (Å²) in [6.45, 7) is 5.98. The van der Waals surface area contributed by atoms with Gasteiger partial charge in [-0.3, -0.25) is 9.59 Å². The first-order chi connectivity index (χ1) is 6.92. The summed E-state index contributed by atoms with van der Waals surface area (Å²) in [4.78, 5) is 22.3. The SMILES string of the molecule is CCCCOC(=O)C1C(C(=O)O)C1(C)C. The van der Waals surface area contributed by atoms with E-state index in [0.29, 0.717) is 6.61 Å². The van der Waals surface area contributed by atoms with Crippen molar-refractivity contribution in [3.63, 3.8) is 0 Å². The minimum Gasteiger partial charge on any atom is -0.481 e. The van der Waals surface area contributed by atoms with Crippen LogP contribution in [0.15, 0.2) is 0 Å². The lowest BCUT2D eigenvalue weighted by molar-refractivity contribution is -0.149. The van der Waals surface area contributed by atoms with Crippen molar-refractivity contribution < 1.29 is 19.4 Å². The number of hydrogen-bond donors (Lipinski definition) is 1. The Balaban J connectivity index is 2.45. The van der Waals surface area contributed by atoms with Crippen LogP contribution in [-0.2, 0) is 14.3 Å². The highest BCUT2D eigenvalue weighted by Crippen LogP contribution is 2.58. The maximum atomic E-state index is 11.5. The van der Waals surface area contributed by atoms with Crippen LogP contribution in [0, 0.1) is 17.3 Å². The van der Waals surface area contributed by atoms with E-state index < -0.39 is 23.2 Å². The largest absolute Gasteiger partial charge is 0.481 e. The molecule has 0 heterocycles. The molecule has 1 aliphatic rings. The molecular weight excluding hydrogens is 196 g/mol. The molecule has 15 heavy (non-hydrogen) atoms. The van der Waals surface area contributed by atoms with Crippen LogP contribution in [0.4, 0.5) is 0 Å². The standard InChI is InChI=1S/C11H18O4/c1-4-5-6-15-10(14)8-7(9(12)13)11(8,2)3/h7-8H,4-6H2,1-3H3,(H,12,13). The number of carboxylic acids is 1. The summed E-state index contributed by atoms with van der Waals surface area (Å²) in [5.74, 6) is -2.31. The van der Waals surface area contributed by atoms with Crippen LogP contribution in [0.5, 0.6) is 0 Å². The third-order valence-electron chi connectivity index (χ3n) is 3.09. The van der Waals surface area contributed by atoms with Crippen LogP contribution in [-0.4, -0.2) is 23.7 Å². The van der Waals surface area contributed by atoms with Crippen molar-refractivity contribution >= 4 is 11.9 Å². The van der Waals surface area contributed by atoms with Crippen LogP contribution < -0.4 is 0 Å². The summed E-state index contributed by atoms with van der Waals surface area (Å²) < 4.78 is 5.02. The Labute approximate surface area is 89.6 Å². The van der Waals surface area contributed by atoms with Gasteiger partial charge in [-0.1, -0.05) is 27.2 Å². The molecule has 0 amide bonds. The molecule has 4 nitrogen and oxygen atoms in total. The first-order valence-electron chi connectivity index (χ1n) is 5.32. The van der Waals surface area contributed by atoms with Crippen LogP contribution >= 0.6 is 0 Å². The lowest BCUT2D eigenvalue weighted by Gasteiger charge is -2.04. The molecule has 1 fully saturated rings. The fraction of sp³-hybridized carbons (Fsp3) is 0.818. The van der Waals surface area contributed by atoms with E-state index in [0.717, 1.165) is 12.8 Å². The summed E-state index contributed by atoms with van der Waals surface area (Å²) in [6, 6.07) is 0. The van der Waals surface area contributed by atoms with Crippen LogP contribution in [0.1, 0.15) is 33.6 Å². The number of hydrogen-bond acceptors (Lipinski definition) is 3. The van der Waals surface area contributed by atoms with Crippen molar-refractivity contribution in [2.45, 2.75) is 33.6 Å². The normalized spacial score (nSPS) is 27.1. The lowest BCUT2D eigenvalue weighted by Crippen LogP contribution is -2.12. The number of rotatable bonds is 5. The zero-order valence-electron chi connectivity index (χ0n) is 9.45. The summed E-state index contributed by atoms with van der Waals surface area (Å²) in [5.41, 5.74) is -0.449. The predicted molar refractivity (Wildman–Crippen MR) is 54.3 cm³/mol. The molecule has 86 valence electrons. The van der Waals surface area contributed by atoms with Gasteiger partial charge in [0.25, 0.3) is 0 Å². The van der Waals surface area contributed by atoms with Crippen molar-refractivity contribution in [3.05, 3.63) is 0 Å². The molecule has 0 saturated heterocycles. The molecule has 1 rings (SSSR count). The summed E-state index contributed by atoms with van der Waals surface area (Å²) in [6.07, 6.45) is 1.79. The van der Waals surface area contributed by atoms with Gasteiger partial charge < -0.3 is 9.84 Å². The highest BCUT2D eigenvalue weighted by molar-refractivity contribution is 5.88. The molecule has 0 aromatic heterocycles. The monoisotopic (exact) mass is 214 g/mol. The van der Waals surface area contributed by atoms with E-state index in [1.54, 1.807) is 13.8 Å². The average Bonchev–Trinajstić information content (AvgIpc) is 2.69. The Bertz CT molecular complexity index is 270. The number of carbonyl (C=O) groups is 2. The topological polar surface area (TPSA) is 63.6 Å². The number of ether oxygens (including phenoxy) is 1. The molecule has 2 atom stereocenters. The van der Waals surface area contributed by atoms with Gasteiger partial charge >= 0.3 is 11.9 Å². The average molecular weight is 214 g/mol. The highest BCUT2D eigenvalue weighted by Gasteiger charge is 2.66. The number of unbranched alkanes of at least 4 members (excludes halogenated alkanes) is 1. The van der Waals surface area contributed by atoms with Gasteiger partial charge in [-0.15, -0.1) is 0 Å². The Morgan fingerprint density at radius 1 is 1.33 bits per heavy atom. The van der Waals surface area contributed by atoms with Gasteiger partial charge in [-0.2, -0.15) is 0 Å². The molecule has 2 unspecified atom stereocenters. The van der Waals surface area contributed by atoms with Gasteiger partial charge in [0.05, 0.1) is 18.4 Å². The minimum absolute atomic E-state index is 0.360. The molecular formula is C11H18O4. The number of aliphatic carboxylic acids is 1. The molecule has 4 heteroatoms. The third kappa shape index (κ3) is 2.30. The Morgan fingerprint density at radius 2 is 1.93 bits per heavy atom. The molecule has 1 aliphatic carbocycles. The van der Waals surface area contributed by atoms with Crippen molar-refractivity contribution in [1.82, 2.24) is 0 Å². The summed E-state index contributed by atoms with van der Waals surface area (Å²) in [5, 5.41) is 8.87. The molecule has 0 radical (unpaired) electrons. The van der Waals surface area contributed by atoms with Crippen LogP contribution in [0.3, 0.4) is 0 Å². The van der Waals surface area contributed by atoms with Gasteiger partial charge in [-0.05, 0) is 11.8 Å². The molecule has 0 aromatic carbocycles. The number of carbonyl (C=O) groups excluding carboxylic acids is 1. The van der Waals surface area contributed by atoms with E-state index in [1.165, 1.54) is 0 Å². The Kier molecular flexibility index (Phi) is 3.37. The van der Waals surface area contributed by atoms with Gasteiger partial charge in [0, 0.05) is 0 Å². The van der Waals surface area contributed by atoms with Gasteiger partial charge in [0.15, 0.2) is 0 Å². The van der Waals surface area contributed by atoms with Crippen molar-refractivity contribution in [1.29, 1.82) is 0 Å². The number of esters is 1. The van der Waals surface area contributed by atoms with E-state index in [4.69, 9.17) is 9.84 Å². The van der Waals surface area contributed by atoms with Crippen molar-refractivity contribution in [2.75, 3.05) is 6.61 Å². The summed E-state index contributed by atoms with van der Waals surface area (Å²) in [7, 11) is 0. The van der Waals surface area contributed by atoms with Crippen molar-refractivity contribution in [3.8, 4) is 0 Å². The first-order valence-corrected chi connectivity index (χ1v) is 5.32. The van der Waals surface area contributed by atoms with Crippen LogP contribution in [0.2, 0.25) is 0 Å². The zero-order valence-corrected chi connectivity index (χ0v) is 9.45. The second kappa shape index (κ2) is 4.21. The van der Waals surface area contributed by atoms with Gasteiger partial charge in [0.2, 0.25) is 0 Å². The summed E-state index contributed by atoms with van der Waals surface area (Å²) >= 11 is 0. The van der Waals surface area contributed by atoms with Gasteiger partial charge in [0.1, 0.15) is 0 Å². The molecule has 0 bridgehead atoms. The second-order valence-corrected chi connectivity index (χ2v) is 4.64. The molecule has 0 spiro atoms. The minimum atomic E-state index is -0.905. The van der Waals surface area contributed by atoms with Gasteiger partial charge in [-0.25, -0.2) is 0 Å². The van der Waals surface area contributed by atoms with E-state index >= 15 is 0 Å². The maximum absolute atomic E-state index is 11.5. The van der Waals surface area contributed by atoms with Crippen LogP contribution in [0.25, 0.3) is 0 Å². The Hall–Kier alpha value is -1.06. The van der Waals surface area contributed by atoms with E-state index in [2.05, 4.69) is 0 Å². The maximum Gasteiger partial charge on any atom is 0.310 e. The van der Waals surface area contributed by atoms with E-state index in [-0.39, 0.29) is 5.97 Å². The zero-order chi connectivity index (χ0) is 11.6. The molecule has 1 N–H and O–H groups in total. The second-order valence-electron chi connectivity index (χ2n) is 4.64. The van der Waals surface area contributed by atoms with E-state index in [9.17, 15) is 9.59 Å². The molecule has 1 saturated carbocycles. The fourth-order valence-corrected chi connectivity index (χ4v) is 1.95. The quantitative estimate of drug-likeness (QED) is 0.558. The molecule has 0 aromatic rings. The van der Waals surface area contributed by atoms with E-state index in [1.807, 2.05) is 6.92 Å². The third-order valence-corrected chi connectivity index (χ3v) is 3.09. The first kappa shape index (κ1) is 12.0. The Morgan fingerprint density at radius 3 is 2.33 bits per heavy atom. The lowest BCUT2D eigenvalue weighted by atomic mass is 10.1. The fourth-order valence-electron chi connectivity index (χ4n) is 1.95. The smallest absolute Gasteiger partial charge is 0.310 e. The number of carboxylic acid groups (broad SMARTS) is 1. The predicted octanol–water partition coefficient (Wildman–Crippen LogP) is 1.69.